The second-order valence-corrected chi connectivity index (χ2v) is 6.40. The summed E-state index contributed by atoms with van der Waals surface area (Å²) < 4.78 is 7.12. The van der Waals surface area contributed by atoms with Gasteiger partial charge in [0.25, 0.3) is 0 Å². The van der Waals surface area contributed by atoms with E-state index in [2.05, 4.69) is 10.3 Å². The molecule has 0 N–H and O–H groups in total. The van der Waals surface area contributed by atoms with Gasteiger partial charge in [0, 0.05) is 10.9 Å². The number of para-hydroxylation sites is 1. The first-order valence-electron chi connectivity index (χ1n) is 7.84. The first-order valence-corrected chi connectivity index (χ1v) is 8.72. The van der Waals surface area contributed by atoms with E-state index in [1.165, 1.54) is 0 Å². The summed E-state index contributed by atoms with van der Waals surface area (Å²) in [5.74, 6) is 0.818. The van der Waals surface area contributed by atoms with Gasteiger partial charge >= 0.3 is 0 Å². The summed E-state index contributed by atoms with van der Waals surface area (Å²) in [7, 11) is 1.66. The zero-order valence-corrected chi connectivity index (χ0v) is 14.7. The van der Waals surface area contributed by atoms with E-state index >= 15 is 0 Å². The van der Waals surface area contributed by atoms with Crippen molar-refractivity contribution in [2.24, 2.45) is 0 Å². The van der Waals surface area contributed by atoms with E-state index in [1.54, 1.807) is 18.4 Å². The minimum atomic E-state index is 0.808. The summed E-state index contributed by atoms with van der Waals surface area (Å²) in [5, 5.41) is 11.5. The third-order valence-corrected chi connectivity index (χ3v) is 4.82. The fraction of sp³-hybridized carbons (Fsp3) is 0.105. The molecule has 2 aromatic carbocycles. The highest BCUT2D eigenvalue weighted by Crippen LogP contribution is 2.31. The van der Waals surface area contributed by atoms with Crippen molar-refractivity contribution in [2.45, 2.75) is 6.92 Å². The Hall–Kier alpha value is -2.99. The number of hydrogen-bond acceptors (Lipinski definition) is 5. The molecule has 0 unspecified atom stereocenters. The molecule has 2 aromatic heterocycles. The molecule has 2 heterocycles. The van der Waals surface area contributed by atoms with Gasteiger partial charge in [0.2, 0.25) is 0 Å². The molecule has 4 rings (SSSR count). The van der Waals surface area contributed by atoms with Crippen molar-refractivity contribution in [1.82, 2.24) is 20.0 Å². The Morgan fingerprint density at radius 3 is 2.68 bits per heavy atom. The molecule has 0 aliphatic heterocycles. The predicted octanol–water partition coefficient (Wildman–Crippen LogP) is 4.37. The predicted molar refractivity (Wildman–Crippen MR) is 99.2 cm³/mol. The lowest BCUT2D eigenvalue weighted by atomic mass is 10.1. The van der Waals surface area contributed by atoms with Crippen LogP contribution in [0.5, 0.6) is 5.75 Å². The smallest absolute Gasteiger partial charge is 0.146 e. The van der Waals surface area contributed by atoms with E-state index in [-0.39, 0.29) is 0 Å². The first-order chi connectivity index (χ1) is 12.3. The molecule has 124 valence electrons. The molecule has 0 radical (unpaired) electrons. The zero-order chi connectivity index (χ0) is 17.2. The van der Waals surface area contributed by atoms with Gasteiger partial charge in [0.1, 0.15) is 16.5 Å². The molecule has 0 saturated carbocycles. The fourth-order valence-corrected chi connectivity index (χ4v) is 3.50. The van der Waals surface area contributed by atoms with Crippen molar-refractivity contribution < 1.29 is 4.74 Å². The van der Waals surface area contributed by atoms with Crippen molar-refractivity contribution in [1.29, 1.82) is 0 Å². The Morgan fingerprint density at radius 1 is 1.04 bits per heavy atom. The van der Waals surface area contributed by atoms with Crippen LogP contribution >= 0.6 is 11.3 Å². The van der Waals surface area contributed by atoms with Crippen molar-refractivity contribution in [3.8, 4) is 33.4 Å². The van der Waals surface area contributed by atoms with Crippen molar-refractivity contribution in [3.63, 3.8) is 0 Å². The lowest BCUT2D eigenvalue weighted by molar-refractivity contribution is 0.415. The molecule has 0 atom stereocenters. The lowest BCUT2D eigenvalue weighted by Gasteiger charge is -2.02. The highest BCUT2D eigenvalue weighted by atomic mass is 32.1. The van der Waals surface area contributed by atoms with E-state index in [4.69, 9.17) is 9.72 Å². The normalized spacial score (nSPS) is 10.8. The fourth-order valence-electron chi connectivity index (χ4n) is 2.64. The van der Waals surface area contributed by atoms with Crippen LogP contribution in [0.25, 0.3) is 27.6 Å². The monoisotopic (exact) mass is 348 g/mol. The molecule has 0 amide bonds. The largest absolute Gasteiger partial charge is 0.497 e. The van der Waals surface area contributed by atoms with Crippen LogP contribution in [0.3, 0.4) is 0 Å². The number of hydrogen-bond donors (Lipinski definition) is 0. The van der Waals surface area contributed by atoms with Gasteiger partial charge in [-0.25, -0.2) is 9.67 Å². The quantitative estimate of drug-likeness (QED) is 0.549. The topological polar surface area (TPSA) is 52.8 Å². The number of methoxy groups -OCH3 is 1. The molecule has 0 bridgehead atoms. The van der Waals surface area contributed by atoms with Crippen LogP contribution in [0.15, 0.2) is 60.0 Å². The Morgan fingerprint density at radius 2 is 1.88 bits per heavy atom. The maximum Gasteiger partial charge on any atom is 0.146 e. The number of rotatable bonds is 4. The van der Waals surface area contributed by atoms with E-state index in [1.807, 2.05) is 71.6 Å². The standard InChI is InChI=1S/C19H16N4OS/c1-13-18(21-22-23(13)15-8-4-3-5-9-15)19-20-17(12-25-19)14-7-6-10-16(11-14)24-2/h3-12H,1-2H3. The van der Waals surface area contributed by atoms with Gasteiger partial charge in [0.15, 0.2) is 0 Å². The van der Waals surface area contributed by atoms with Crippen molar-refractivity contribution in [2.75, 3.05) is 7.11 Å². The lowest BCUT2D eigenvalue weighted by Crippen LogP contribution is -1.98. The molecular weight excluding hydrogens is 332 g/mol. The highest BCUT2D eigenvalue weighted by molar-refractivity contribution is 7.13. The minimum Gasteiger partial charge on any atom is -0.497 e. The molecule has 4 aromatic rings. The highest BCUT2D eigenvalue weighted by Gasteiger charge is 2.16. The summed E-state index contributed by atoms with van der Waals surface area (Å²) in [6.45, 7) is 2.01. The van der Waals surface area contributed by atoms with Crippen LogP contribution in [-0.4, -0.2) is 27.1 Å². The molecule has 6 heteroatoms. The molecule has 0 aliphatic carbocycles. The van der Waals surface area contributed by atoms with Crippen LogP contribution in [0, 0.1) is 6.92 Å². The van der Waals surface area contributed by atoms with Crippen LogP contribution in [0.2, 0.25) is 0 Å². The average molecular weight is 348 g/mol. The van der Waals surface area contributed by atoms with Crippen LogP contribution in [0.4, 0.5) is 0 Å². The molecule has 0 fully saturated rings. The number of aromatic nitrogens is 4. The number of thiazole rings is 1. The summed E-state index contributed by atoms with van der Waals surface area (Å²) in [5.41, 5.74) is 4.70. The average Bonchev–Trinajstić information content (AvgIpc) is 3.29. The van der Waals surface area contributed by atoms with E-state index in [0.29, 0.717) is 0 Å². The van der Waals surface area contributed by atoms with Crippen LogP contribution in [-0.2, 0) is 0 Å². The molecule has 0 saturated heterocycles. The SMILES string of the molecule is COc1cccc(-c2csc(-c3nnn(-c4ccccc4)c3C)n2)c1. The molecule has 25 heavy (non-hydrogen) atoms. The maximum atomic E-state index is 5.29. The number of nitrogens with zero attached hydrogens (tertiary/aromatic N) is 4. The minimum absolute atomic E-state index is 0.808. The second-order valence-electron chi connectivity index (χ2n) is 5.54. The number of ether oxygens (including phenoxy) is 1. The Kier molecular flexibility index (Phi) is 4.03. The maximum absolute atomic E-state index is 5.29. The molecule has 0 aliphatic rings. The summed E-state index contributed by atoms with van der Waals surface area (Å²) in [4.78, 5) is 4.74. The third-order valence-electron chi connectivity index (χ3n) is 3.97. The van der Waals surface area contributed by atoms with Gasteiger partial charge < -0.3 is 4.74 Å². The summed E-state index contributed by atoms with van der Waals surface area (Å²) >= 11 is 1.57. The van der Waals surface area contributed by atoms with Gasteiger partial charge in [0.05, 0.1) is 24.2 Å². The van der Waals surface area contributed by atoms with Gasteiger partial charge in [-0.1, -0.05) is 35.5 Å². The van der Waals surface area contributed by atoms with Crippen LogP contribution < -0.4 is 4.74 Å². The Labute approximate surface area is 149 Å². The summed E-state index contributed by atoms with van der Waals surface area (Å²) in [6.07, 6.45) is 0. The zero-order valence-electron chi connectivity index (χ0n) is 13.9. The van der Waals surface area contributed by atoms with Gasteiger partial charge in [-0.05, 0) is 31.2 Å². The Balaban J connectivity index is 1.70. The number of benzene rings is 2. The second kappa shape index (κ2) is 6.49. The van der Waals surface area contributed by atoms with E-state index < -0.39 is 0 Å². The molecule has 0 spiro atoms. The van der Waals surface area contributed by atoms with Gasteiger partial charge in [-0.15, -0.1) is 16.4 Å². The van der Waals surface area contributed by atoms with Gasteiger partial charge in [-0.2, -0.15) is 0 Å². The van der Waals surface area contributed by atoms with E-state index in [0.717, 1.165) is 39.1 Å². The first kappa shape index (κ1) is 15.5. The van der Waals surface area contributed by atoms with Crippen LogP contribution in [0.1, 0.15) is 5.69 Å². The molecular formula is C19H16N4OS. The van der Waals surface area contributed by atoms with Crippen molar-refractivity contribution >= 4 is 11.3 Å². The Bertz CT molecular complexity index is 1010. The van der Waals surface area contributed by atoms with Gasteiger partial charge in [-0.3, -0.25) is 0 Å². The van der Waals surface area contributed by atoms with E-state index in [9.17, 15) is 0 Å². The summed E-state index contributed by atoms with van der Waals surface area (Å²) in [6, 6.07) is 17.9. The molecule has 5 nitrogen and oxygen atoms in total. The van der Waals surface area contributed by atoms with Crippen molar-refractivity contribution in [3.05, 3.63) is 65.7 Å². The third kappa shape index (κ3) is 2.92.